The minimum atomic E-state index is -4.44. The van der Waals surface area contributed by atoms with Gasteiger partial charge in [-0.25, -0.2) is 34.5 Å². The number of carbonyl (C=O) groups is 2. The molecule has 4 aliphatic heterocycles. The number of aromatic nitrogens is 8. The smallest absolute Gasteiger partial charge is 0.386 e. The highest BCUT2D eigenvalue weighted by molar-refractivity contribution is 8.44. The molecule has 4 N–H and O–H groups in total. The van der Waals surface area contributed by atoms with Gasteiger partial charge in [-0.1, -0.05) is 55.6 Å². The number of hydrogen-bond donors (Lipinski definition) is 5. The number of ether oxygens (including phenoxy) is 3. The summed E-state index contributed by atoms with van der Waals surface area (Å²) >= 11 is 9.90. The summed E-state index contributed by atoms with van der Waals surface area (Å²) in [6.07, 6.45) is -2.30. The maximum absolute atomic E-state index is 14.3. The third-order valence-electron chi connectivity index (χ3n) is 11.3. The van der Waals surface area contributed by atoms with E-state index >= 15 is 0 Å². The second kappa shape index (κ2) is 16.1. The van der Waals surface area contributed by atoms with Gasteiger partial charge in [-0.05, 0) is 42.5 Å². The summed E-state index contributed by atoms with van der Waals surface area (Å²) in [5, 5.41) is 17.5. The van der Waals surface area contributed by atoms with Gasteiger partial charge in [-0.2, -0.15) is 0 Å². The first-order chi connectivity index (χ1) is 30.3. The first-order valence-corrected chi connectivity index (χ1v) is 24.6. The van der Waals surface area contributed by atoms with Crippen LogP contribution in [-0.2, 0) is 48.7 Å². The SMILES string of the molecule is CC[C@@]12COP(O)(=S)O[C@H]3[C@H]4OC[C@]3(COP(=O)(S)O[C@H]1[C@@H](O)[C@H](n1cnc3c(NC(=O)c5ccccc5)ncnc31)O2)O[C@H]4n1cnc2c(NC(=O)c3ccccc3)ncnc21. The minimum absolute atomic E-state index is 0.0575. The molecule has 4 fully saturated rings. The van der Waals surface area contributed by atoms with Crippen LogP contribution < -0.4 is 10.6 Å². The fourth-order valence-electron chi connectivity index (χ4n) is 8.12. The average molecular weight is 939 g/mol. The molecule has 328 valence electrons. The van der Waals surface area contributed by atoms with Crippen molar-refractivity contribution in [3.63, 3.8) is 0 Å². The van der Waals surface area contributed by atoms with Crippen LogP contribution in [0, 0.1) is 0 Å². The number of aliphatic hydroxyl groups excluding tert-OH is 1. The lowest BCUT2D eigenvalue weighted by Gasteiger charge is -2.37. The molecule has 2 unspecified atom stereocenters. The Balaban J connectivity index is 0.922. The van der Waals surface area contributed by atoms with Gasteiger partial charge in [-0.3, -0.25) is 32.3 Å². The van der Waals surface area contributed by atoms with Crippen molar-refractivity contribution in [3.8, 4) is 0 Å². The standard InChI is InChI=1S/C37H36N10O12P2S2/c1-2-36-14-54-61(52,63)59-27-25-35(47-19-43-23-29(39-17-41-31(23)47)45-33(50)21-11-7-4-8-12-21)57-37(27,13-53-25)15-55-60(51,62)58-26(36)24(48)34(56-36)46-18-42-22-28(38-16-40-30(22)46)44-32(49)20-9-5-3-6-10-20/h3-12,16-19,24-27,34-35,48H,2,13-15H2,1H3,(H,51,62)(H,52,63)(H,38,40,44,49)(H,39,41,45,50)/t24-,25-,26+,27+,34-,35-,36-,37-,60?,61?/m1/s1. The van der Waals surface area contributed by atoms with Crippen LogP contribution in [0.4, 0.5) is 11.6 Å². The number of rotatable bonds is 7. The van der Waals surface area contributed by atoms with Gasteiger partial charge in [0.2, 0.25) is 0 Å². The molecule has 4 aromatic heterocycles. The lowest BCUT2D eigenvalue weighted by molar-refractivity contribution is -0.183. The van der Waals surface area contributed by atoms with E-state index in [-0.39, 0.29) is 47.0 Å². The minimum Gasteiger partial charge on any atom is -0.386 e. The van der Waals surface area contributed by atoms with Crippen LogP contribution >= 0.6 is 25.8 Å². The summed E-state index contributed by atoms with van der Waals surface area (Å²) in [5.41, 5.74) is -1.58. The van der Waals surface area contributed by atoms with Crippen LogP contribution in [0.5, 0.6) is 0 Å². The lowest BCUT2D eigenvalue weighted by atomic mass is 9.93. The Hall–Kier alpha value is -4.65. The maximum atomic E-state index is 14.3. The van der Waals surface area contributed by atoms with E-state index in [9.17, 15) is 24.2 Å². The highest BCUT2D eigenvalue weighted by Crippen LogP contribution is 2.62. The number of aliphatic hydroxyl groups is 1. The Morgan fingerprint density at radius 1 is 0.794 bits per heavy atom. The molecule has 22 nitrogen and oxygen atoms in total. The van der Waals surface area contributed by atoms with Crippen molar-refractivity contribution in [2.24, 2.45) is 0 Å². The van der Waals surface area contributed by atoms with Gasteiger partial charge in [0.05, 0.1) is 32.5 Å². The number of carbonyl (C=O) groups excluding carboxylic acids is 2. The Morgan fingerprint density at radius 3 is 1.94 bits per heavy atom. The van der Waals surface area contributed by atoms with Crippen LogP contribution in [0.2, 0.25) is 0 Å². The fraction of sp³-hybridized carbons (Fsp3) is 0.351. The van der Waals surface area contributed by atoms with Crippen LogP contribution in [0.15, 0.2) is 86.0 Å². The van der Waals surface area contributed by atoms with Crippen molar-refractivity contribution in [1.29, 1.82) is 0 Å². The summed E-state index contributed by atoms with van der Waals surface area (Å²) < 4.78 is 60.7. The van der Waals surface area contributed by atoms with E-state index < -0.39 is 86.6 Å². The molecule has 2 amide bonds. The van der Waals surface area contributed by atoms with Crippen molar-refractivity contribution in [3.05, 3.63) is 97.1 Å². The number of nitrogens with zero attached hydrogens (tertiary/aromatic N) is 8. The van der Waals surface area contributed by atoms with E-state index in [2.05, 4.69) is 52.8 Å². The number of nitrogens with one attached hydrogen (secondary N) is 2. The van der Waals surface area contributed by atoms with Crippen molar-refractivity contribution >= 4 is 83.3 Å². The largest absolute Gasteiger partial charge is 0.386 e. The molecule has 8 heterocycles. The van der Waals surface area contributed by atoms with E-state index in [1.165, 1.54) is 29.9 Å². The molecule has 2 aromatic carbocycles. The molecule has 6 aromatic rings. The molecule has 0 aliphatic carbocycles. The highest BCUT2D eigenvalue weighted by Gasteiger charge is 2.66. The van der Waals surface area contributed by atoms with Crippen molar-refractivity contribution in [1.82, 2.24) is 39.0 Å². The quantitative estimate of drug-likeness (QED) is 0.112. The summed E-state index contributed by atoms with van der Waals surface area (Å²) in [7, 11) is 0. The van der Waals surface area contributed by atoms with Gasteiger partial charge in [0.15, 0.2) is 46.4 Å². The number of thiol groups is 1. The zero-order valence-electron chi connectivity index (χ0n) is 32.7. The molecule has 26 heteroatoms. The molecule has 0 radical (unpaired) electrons. The molecule has 4 saturated heterocycles. The second-order valence-electron chi connectivity index (χ2n) is 15.0. The highest BCUT2D eigenvalue weighted by atomic mass is 32.7. The van der Waals surface area contributed by atoms with Gasteiger partial charge in [-0.15, -0.1) is 0 Å². The normalized spacial score (nSPS) is 33.0. The Kier molecular flexibility index (Phi) is 10.8. The van der Waals surface area contributed by atoms with Crippen LogP contribution in [0.25, 0.3) is 22.3 Å². The first kappa shape index (κ1) is 42.3. The molecular weight excluding hydrogens is 903 g/mol. The van der Waals surface area contributed by atoms with Crippen molar-refractivity contribution in [2.75, 3.05) is 30.5 Å². The number of fused-ring (bicyclic) bond motifs is 3. The number of hydrogen-bond acceptors (Lipinski definition) is 18. The number of amides is 2. The molecule has 4 aliphatic rings. The molecule has 10 atom stereocenters. The van der Waals surface area contributed by atoms with E-state index in [1.807, 2.05) is 0 Å². The second-order valence-corrected chi connectivity index (χ2v) is 20.7. The number of benzene rings is 2. The van der Waals surface area contributed by atoms with Gasteiger partial charge < -0.3 is 39.4 Å². The summed E-state index contributed by atoms with van der Waals surface area (Å²) in [6, 6.07) is 17.1. The third kappa shape index (κ3) is 7.57. The zero-order chi connectivity index (χ0) is 43.7. The van der Waals surface area contributed by atoms with Gasteiger partial charge >= 0.3 is 13.5 Å². The number of imidazole rings is 2. The van der Waals surface area contributed by atoms with E-state index in [4.69, 9.17) is 44.1 Å². The van der Waals surface area contributed by atoms with Crippen LogP contribution in [0.1, 0.15) is 46.5 Å². The van der Waals surface area contributed by atoms with Crippen molar-refractivity contribution in [2.45, 2.75) is 61.4 Å². The van der Waals surface area contributed by atoms with E-state index in [1.54, 1.807) is 72.2 Å². The molecule has 10 rings (SSSR count). The third-order valence-corrected chi connectivity index (χ3v) is 14.4. The summed E-state index contributed by atoms with van der Waals surface area (Å²) in [6.45, 7) is -8.19. The van der Waals surface area contributed by atoms with E-state index in [0.717, 1.165) is 0 Å². The predicted octanol–water partition coefficient (Wildman–Crippen LogP) is 3.95. The Labute approximate surface area is 366 Å². The molecule has 0 saturated carbocycles. The Bertz CT molecular complexity index is 2850. The van der Waals surface area contributed by atoms with E-state index in [0.29, 0.717) is 11.1 Å². The summed E-state index contributed by atoms with van der Waals surface area (Å²) in [4.78, 5) is 63.7. The number of anilines is 2. The Morgan fingerprint density at radius 2 is 1.37 bits per heavy atom. The zero-order valence-corrected chi connectivity index (χ0v) is 36.2. The average Bonchev–Trinajstić information content (AvgIpc) is 4.10. The monoisotopic (exact) mass is 938 g/mol. The first-order valence-electron chi connectivity index (χ1n) is 19.3. The van der Waals surface area contributed by atoms with Crippen molar-refractivity contribution < 1.29 is 56.5 Å². The van der Waals surface area contributed by atoms with Crippen LogP contribution in [0.3, 0.4) is 0 Å². The van der Waals surface area contributed by atoms with Gasteiger partial charge in [0.25, 0.3) is 11.8 Å². The van der Waals surface area contributed by atoms with Gasteiger partial charge in [0, 0.05) is 11.1 Å². The molecular formula is C37H36N10O12P2S2. The molecule has 2 bridgehead atoms. The molecule has 63 heavy (non-hydrogen) atoms. The topological polar surface area (TPSA) is 268 Å². The van der Waals surface area contributed by atoms with Crippen LogP contribution in [-0.4, -0.2) is 116 Å². The summed E-state index contributed by atoms with van der Waals surface area (Å²) in [5.74, 6) is -0.606. The molecule has 0 spiro atoms. The predicted molar refractivity (Wildman–Crippen MR) is 226 cm³/mol. The van der Waals surface area contributed by atoms with Gasteiger partial charge in [0.1, 0.15) is 48.3 Å². The lowest BCUT2D eigenvalue weighted by Crippen LogP contribution is -2.49. The maximum Gasteiger partial charge on any atom is 0.386 e. The fourth-order valence-corrected chi connectivity index (χ4v) is 11.1.